The molecule has 0 unspecified atom stereocenters. The Balaban J connectivity index is 1.66. The van der Waals surface area contributed by atoms with Crippen molar-refractivity contribution in [2.75, 3.05) is 0 Å². The third-order valence-corrected chi connectivity index (χ3v) is 5.96. The van der Waals surface area contributed by atoms with E-state index in [9.17, 15) is 4.79 Å². The minimum Gasteiger partial charge on any atom is -0.293 e. The first-order valence-electron chi connectivity index (χ1n) is 8.91. The van der Waals surface area contributed by atoms with Crippen molar-refractivity contribution in [1.29, 1.82) is 0 Å². The number of nitrogens with zero attached hydrogens (tertiary/aromatic N) is 4. The molecule has 0 bridgehead atoms. The fourth-order valence-electron chi connectivity index (χ4n) is 3.40. The third-order valence-electron chi connectivity index (χ3n) is 4.76. The Bertz CT molecular complexity index is 860. The molecule has 26 heavy (non-hydrogen) atoms. The number of carbonyl (C=O) groups is 1. The number of tetrazole rings is 1. The summed E-state index contributed by atoms with van der Waals surface area (Å²) in [5, 5.41) is 12.6. The van der Waals surface area contributed by atoms with Gasteiger partial charge in [-0.2, -0.15) is 0 Å². The first-order chi connectivity index (χ1) is 12.8. The number of carbonyl (C=O) groups excluding carboxylic acids is 1. The number of ketones is 1. The Hall–Kier alpha value is -2.47. The zero-order valence-corrected chi connectivity index (χ0v) is 15.2. The highest BCUT2D eigenvalue weighted by molar-refractivity contribution is 8.00. The summed E-state index contributed by atoms with van der Waals surface area (Å²) in [6.45, 7) is 0. The van der Waals surface area contributed by atoms with Crippen molar-refractivity contribution in [3.63, 3.8) is 0 Å². The molecule has 1 aliphatic carbocycles. The van der Waals surface area contributed by atoms with Gasteiger partial charge in [-0.05, 0) is 28.8 Å². The van der Waals surface area contributed by atoms with Crippen molar-refractivity contribution < 1.29 is 4.79 Å². The highest BCUT2D eigenvalue weighted by Gasteiger charge is 2.28. The van der Waals surface area contributed by atoms with Crippen molar-refractivity contribution in [2.45, 2.75) is 42.1 Å². The van der Waals surface area contributed by atoms with Gasteiger partial charge in [0.2, 0.25) is 5.16 Å². The fraction of sp³-hybridized carbons (Fsp3) is 0.300. The molecule has 1 atom stereocenters. The molecule has 0 amide bonds. The van der Waals surface area contributed by atoms with Gasteiger partial charge in [-0.3, -0.25) is 4.79 Å². The summed E-state index contributed by atoms with van der Waals surface area (Å²) in [7, 11) is 0. The second-order valence-electron chi connectivity index (χ2n) is 6.48. The largest absolute Gasteiger partial charge is 0.293 e. The highest BCUT2D eigenvalue weighted by atomic mass is 32.2. The zero-order chi connectivity index (χ0) is 17.8. The predicted molar refractivity (Wildman–Crippen MR) is 101 cm³/mol. The summed E-state index contributed by atoms with van der Waals surface area (Å²) in [5.74, 6) is 0.0720. The minimum absolute atomic E-state index is 0.0720. The number of rotatable bonds is 6. The van der Waals surface area contributed by atoms with Crippen LogP contribution in [0.4, 0.5) is 0 Å². The highest BCUT2D eigenvalue weighted by Crippen LogP contribution is 2.39. The van der Waals surface area contributed by atoms with Crippen LogP contribution in [0.5, 0.6) is 0 Å². The van der Waals surface area contributed by atoms with Crippen molar-refractivity contribution in [2.24, 2.45) is 0 Å². The third kappa shape index (κ3) is 3.55. The monoisotopic (exact) mass is 364 g/mol. The number of thioether (sulfide) groups is 1. The normalized spacial score (nSPS) is 15.8. The molecule has 0 N–H and O–H groups in total. The van der Waals surface area contributed by atoms with E-state index in [-0.39, 0.29) is 11.0 Å². The van der Waals surface area contributed by atoms with Crippen LogP contribution in [0.25, 0.3) is 0 Å². The Morgan fingerprint density at radius 2 is 1.65 bits per heavy atom. The summed E-state index contributed by atoms with van der Waals surface area (Å²) in [5.41, 5.74) is 1.67. The molecule has 1 fully saturated rings. The Labute approximate surface area is 156 Å². The van der Waals surface area contributed by atoms with E-state index < -0.39 is 0 Å². The van der Waals surface area contributed by atoms with E-state index in [0.717, 1.165) is 23.6 Å². The van der Waals surface area contributed by atoms with Gasteiger partial charge in [0.1, 0.15) is 5.25 Å². The number of hydrogen-bond donors (Lipinski definition) is 0. The van der Waals surface area contributed by atoms with Crippen LogP contribution in [0.3, 0.4) is 0 Å². The molecule has 3 aromatic rings. The van der Waals surface area contributed by atoms with E-state index in [1.807, 2.05) is 65.3 Å². The summed E-state index contributed by atoms with van der Waals surface area (Å²) in [4.78, 5) is 13.2. The number of benzene rings is 2. The molecular weight excluding hydrogens is 344 g/mol. The van der Waals surface area contributed by atoms with Crippen molar-refractivity contribution in [1.82, 2.24) is 20.2 Å². The van der Waals surface area contributed by atoms with E-state index in [4.69, 9.17) is 0 Å². The van der Waals surface area contributed by atoms with Crippen LogP contribution in [0.15, 0.2) is 65.8 Å². The quantitative estimate of drug-likeness (QED) is 0.476. The van der Waals surface area contributed by atoms with Crippen molar-refractivity contribution in [3.05, 3.63) is 71.8 Å². The van der Waals surface area contributed by atoms with Gasteiger partial charge in [0.15, 0.2) is 5.78 Å². The number of Topliss-reactive ketones (excluding diaryl/α,β-unsaturated/α-hetero) is 1. The van der Waals surface area contributed by atoms with Gasteiger partial charge >= 0.3 is 0 Å². The van der Waals surface area contributed by atoms with Crippen LogP contribution in [0.1, 0.15) is 52.9 Å². The van der Waals surface area contributed by atoms with Gasteiger partial charge in [0.05, 0.1) is 6.04 Å². The van der Waals surface area contributed by atoms with Gasteiger partial charge in [0.25, 0.3) is 0 Å². The molecule has 6 heteroatoms. The molecule has 0 aliphatic heterocycles. The topological polar surface area (TPSA) is 60.7 Å². The van der Waals surface area contributed by atoms with Crippen molar-refractivity contribution >= 4 is 17.5 Å². The second kappa shape index (κ2) is 7.83. The number of hydrogen-bond acceptors (Lipinski definition) is 5. The van der Waals surface area contributed by atoms with Crippen LogP contribution in [-0.4, -0.2) is 26.0 Å². The minimum atomic E-state index is -0.371. The smallest absolute Gasteiger partial charge is 0.210 e. The average Bonchev–Trinajstić information content (AvgIpc) is 3.38. The molecule has 1 heterocycles. The lowest BCUT2D eigenvalue weighted by atomic mass is 10.0. The van der Waals surface area contributed by atoms with Gasteiger partial charge in [-0.1, -0.05) is 85.3 Å². The fourth-order valence-corrected chi connectivity index (χ4v) is 4.53. The molecule has 4 rings (SSSR count). The van der Waals surface area contributed by atoms with Gasteiger partial charge in [0, 0.05) is 5.56 Å². The number of aromatic nitrogens is 4. The van der Waals surface area contributed by atoms with Crippen LogP contribution in [0, 0.1) is 0 Å². The molecule has 1 saturated carbocycles. The van der Waals surface area contributed by atoms with Crippen LogP contribution in [-0.2, 0) is 0 Å². The predicted octanol–water partition coefficient (Wildman–Crippen LogP) is 4.50. The molecule has 0 radical (unpaired) electrons. The van der Waals surface area contributed by atoms with E-state index >= 15 is 0 Å². The first kappa shape index (κ1) is 17.0. The van der Waals surface area contributed by atoms with Gasteiger partial charge < -0.3 is 0 Å². The van der Waals surface area contributed by atoms with E-state index in [1.165, 1.54) is 24.6 Å². The molecule has 1 aliphatic rings. The summed E-state index contributed by atoms with van der Waals surface area (Å²) >= 11 is 1.44. The summed E-state index contributed by atoms with van der Waals surface area (Å²) in [6, 6.07) is 19.6. The Morgan fingerprint density at radius 3 is 2.35 bits per heavy atom. The molecule has 2 aromatic carbocycles. The molecule has 0 saturated heterocycles. The lowest BCUT2D eigenvalue weighted by Gasteiger charge is -2.17. The maximum atomic E-state index is 13.2. The summed E-state index contributed by atoms with van der Waals surface area (Å²) in [6.07, 6.45) is 4.61. The second-order valence-corrected chi connectivity index (χ2v) is 7.56. The molecule has 1 aromatic heterocycles. The molecule has 5 nitrogen and oxygen atoms in total. The summed E-state index contributed by atoms with van der Waals surface area (Å²) < 4.78 is 1.91. The van der Waals surface area contributed by atoms with Crippen LogP contribution < -0.4 is 0 Å². The SMILES string of the molecule is O=C(c1ccccc1)[C@@H](Sc1nnnn1C1CCCC1)c1ccccc1. The average molecular weight is 364 g/mol. The standard InChI is InChI=1S/C20H20N4OS/c25-18(15-9-3-1-4-10-15)19(16-11-5-2-6-12-16)26-20-21-22-23-24(20)17-13-7-8-14-17/h1-6,9-12,17,19H,7-8,13-14H2/t19-/m0/s1. The van der Waals surface area contributed by atoms with Gasteiger partial charge in [-0.15, -0.1) is 5.10 Å². The van der Waals surface area contributed by atoms with Crippen LogP contribution >= 0.6 is 11.8 Å². The van der Waals surface area contributed by atoms with Crippen LogP contribution in [0.2, 0.25) is 0 Å². The molecular formula is C20H20N4OS. The molecule has 132 valence electrons. The maximum Gasteiger partial charge on any atom is 0.210 e. The molecule has 0 spiro atoms. The van der Waals surface area contributed by atoms with E-state index in [2.05, 4.69) is 15.5 Å². The van der Waals surface area contributed by atoms with Crippen molar-refractivity contribution in [3.8, 4) is 0 Å². The first-order valence-corrected chi connectivity index (χ1v) is 9.79. The van der Waals surface area contributed by atoms with Gasteiger partial charge in [-0.25, -0.2) is 4.68 Å². The maximum absolute atomic E-state index is 13.2. The zero-order valence-electron chi connectivity index (χ0n) is 14.4. The van der Waals surface area contributed by atoms with E-state index in [1.54, 1.807) is 0 Å². The lowest BCUT2D eigenvalue weighted by molar-refractivity contribution is 0.0989. The Morgan fingerprint density at radius 1 is 1.00 bits per heavy atom. The lowest BCUT2D eigenvalue weighted by Crippen LogP contribution is -2.13. The van der Waals surface area contributed by atoms with E-state index in [0.29, 0.717) is 11.6 Å². The Kier molecular flexibility index (Phi) is 5.11.